The largest absolute Gasteiger partial charge is 0.367 e. The number of nitrogens with zero attached hydrogens (tertiary/aromatic N) is 2. The first-order valence-corrected chi connectivity index (χ1v) is 5.63. The van der Waals surface area contributed by atoms with Crippen molar-refractivity contribution in [2.75, 3.05) is 11.9 Å². The maximum Gasteiger partial charge on any atom is 0.171 e. The van der Waals surface area contributed by atoms with Gasteiger partial charge in [-0.05, 0) is 32.1 Å². The molecule has 15 heavy (non-hydrogen) atoms. The molecule has 0 amide bonds. The lowest BCUT2D eigenvalue weighted by atomic mass is 10.1. The van der Waals surface area contributed by atoms with Crippen molar-refractivity contribution in [3.63, 3.8) is 0 Å². The average molecular weight is 226 g/mol. The maximum absolute atomic E-state index is 6.01. The Hall–Kier alpha value is -0.830. The van der Waals surface area contributed by atoms with Crippen molar-refractivity contribution < 1.29 is 0 Å². The molecule has 0 bridgehead atoms. The molecule has 1 aliphatic carbocycles. The molecule has 4 heteroatoms. The molecule has 3 nitrogen and oxygen atoms in total. The molecule has 0 saturated heterocycles. The fourth-order valence-electron chi connectivity index (χ4n) is 1.38. The molecule has 0 atom stereocenters. The molecule has 1 fully saturated rings. The van der Waals surface area contributed by atoms with E-state index in [1.807, 2.05) is 13.8 Å². The molecule has 2 rings (SSSR count). The summed E-state index contributed by atoms with van der Waals surface area (Å²) in [4.78, 5) is 8.63. The quantitative estimate of drug-likeness (QED) is 0.860. The zero-order valence-electron chi connectivity index (χ0n) is 9.39. The lowest BCUT2D eigenvalue weighted by molar-refractivity contribution is 0.609. The highest BCUT2D eigenvalue weighted by molar-refractivity contribution is 6.31. The summed E-state index contributed by atoms with van der Waals surface area (Å²) in [7, 11) is 0. The minimum atomic E-state index is 0.448. The molecule has 1 aliphatic rings. The number of hydrogen-bond acceptors (Lipinski definition) is 3. The van der Waals surface area contributed by atoms with Crippen LogP contribution in [0.3, 0.4) is 0 Å². The Morgan fingerprint density at radius 1 is 1.27 bits per heavy atom. The van der Waals surface area contributed by atoms with Gasteiger partial charge < -0.3 is 5.32 Å². The van der Waals surface area contributed by atoms with Crippen molar-refractivity contribution >= 4 is 17.4 Å². The first-order valence-electron chi connectivity index (χ1n) is 5.25. The molecule has 1 N–H and O–H groups in total. The number of nitrogens with one attached hydrogen (secondary N) is 1. The summed E-state index contributed by atoms with van der Waals surface area (Å²) in [5, 5.41) is 3.75. The highest BCUT2D eigenvalue weighted by Gasteiger charge is 2.37. The third-order valence-electron chi connectivity index (χ3n) is 3.05. The molecule has 1 aromatic heterocycles. The van der Waals surface area contributed by atoms with Gasteiger partial charge in [0.05, 0.1) is 11.4 Å². The molecule has 1 aromatic rings. The van der Waals surface area contributed by atoms with Crippen molar-refractivity contribution in [2.45, 2.75) is 33.6 Å². The molecule has 0 aromatic carbocycles. The molecule has 0 unspecified atom stereocenters. The molecule has 1 heterocycles. The van der Waals surface area contributed by atoms with Crippen LogP contribution in [0.5, 0.6) is 0 Å². The summed E-state index contributed by atoms with van der Waals surface area (Å²) in [5.41, 5.74) is 2.27. The molecule has 0 aliphatic heterocycles. The van der Waals surface area contributed by atoms with Gasteiger partial charge in [0, 0.05) is 6.54 Å². The second-order valence-electron chi connectivity index (χ2n) is 4.70. The number of halogens is 1. The number of anilines is 1. The maximum atomic E-state index is 6.01. The van der Waals surface area contributed by atoms with Crippen LogP contribution in [0.2, 0.25) is 5.15 Å². The third kappa shape index (κ3) is 2.40. The Morgan fingerprint density at radius 3 is 2.47 bits per heavy atom. The summed E-state index contributed by atoms with van der Waals surface area (Å²) < 4.78 is 0. The van der Waals surface area contributed by atoms with E-state index in [2.05, 4.69) is 22.2 Å². The number of aromatic nitrogens is 2. The Morgan fingerprint density at radius 2 is 1.87 bits per heavy atom. The fraction of sp³-hybridized carbons (Fsp3) is 0.636. The third-order valence-corrected chi connectivity index (χ3v) is 3.31. The first-order chi connectivity index (χ1) is 7.00. The van der Waals surface area contributed by atoms with E-state index in [4.69, 9.17) is 11.6 Å². The van der Waals surface area contributed by atoms with Gasteiger partial charge in [0.2, 0.25) is 0 Å². The monoisotopic (exact) mass is 225 g/mol. The molecule has 0 radical (unpaired) electrons. The van der Waals surface area contributed by atoms with Crippen LogP contribution in [-0.4, -0.2) is 16.5 Å². The molecule has 0 spiro atoms. The van der Waals surface area contributed by atoms with Crippen LogP contribution in [-0.2, 0) is 0 Å². The van der Waals surface area contributed by atoms with Crippen LogP contribution in [0, 0.1) is 19.3 Å². The summed E-state index contributed by atoms with van der Waals surface area (Å²) in [6.45, 7) is 7.06. The van der Waals surface area contributed by atoms with Gasteiger partial charge in [-0.1, -0.05) is 18.5 Å². The first kappa shape index (κ1) is 10.7. The van der Waals surface area contributed by atoms with Gasteiger partial charge in [-0.15, -0.1) is 0 Å². The smallest absolute Gasteiger partial charge is 0.171 e. The van der Waals surface area contributed by atoms with E-state index in [1.54, 1.807) is 0 Å². The second-order valence-corrected chi connectivity index (χ2v) is 5.06. The van der Waals surface area contributed by atoms with Gasteiger partial charge in [-0.25, -0.2) is 9.97 Å². The number of hydrogen-bond donors (Lipinski definition) is 1. The van der Waals surface area contributed by atoms with Crippen molar-refractivity contribution in [1.82, 2.24) is 9.97 Å². The van der Waals surface area contributed by atoms with Crippen LogP contribution in [0.15, 0.2) is 0 Å². The number of rotatable bonds is 3. The predicted octanol–water partition coefficient (Wildman–Crippen LogP) is 2.96. The predicted molar refractivity (Wildman–Crippen MR) is 62.3 cm³/mol. The molecule has 82 valence electrons. The Kier molecular flexibility index (Phi) is 2.59. The van der Waals surface area contributed by atoms with Gasteiger partial charge >= 0.3 is 0 Å². The summed E-state index contributed by atoms with van der Waals surface area (Å²) in [6, 6.07) is 0. The van der Waals surface area contributed by atoms with E-state index in [1.165, 1.54) is 12.8 Å². The molecule has 1 saturated carbocycles. The Bertz CT molecular complexity index is 386. The number of aryl methyl sites for hydroxylation is 2. The van der Waals surface area contributed by atoms with Gasteiger partial charge in [0.1, 0.15) is 0 Å². The van der Waals surface area contributed by atoms with Crippen molar-refractivity contribution in [3.05, 3.63) is 16.5 Å². The van der Waals surface area contributed by atoms with E-state index in [0.717, 1.165) is 17.9 Å². The summed E-state index contributed by atoms with van der Waals surface area (Å²) in [5.74, 6) is 0.716. The summed E-state index contributed by atoms with van der Waals surface area (Å²) in [6.07, 6.45) is 2.58. The van der Waals surface area contributed by atoms with Crippen LogP contribution in [0.1, 0.15) is 31.2 Å². The lowest BCUT2D eigenvalue weighted by Gasteiger charge is -2.12. The van der Waals surface area contributed by atoms with Crippen LogP contribution in [0.4, 0.5) is 5.82 Å². The van der Waals surface area contributed by atoms with E-state index >= 15 is 0 Å². The van der Waals surface area contributed by atoms with E-state index in [-0.39, 0.29) is 0 Å². The zero-order valence-corrected chi connectivity index (χ0v) is 10.1. The standard InChI is InChI=1S/C11H16ClN3/c1-7-8(2)15-10(9(12)14-7)13-6-11(3)4-5-11/h4-6H2,1-3H3,(H,13,15). The Labute approximate surface area is 95.3 Å². The van der Waals surface area contributed by atoms with E-state index in [0.29, 0.717) is 16.4 Å². The van der Waals surface area contributed by atoms with Crippen LogP contribution >= 0.6 is 11.6 Å². The fourth-order valence-corrected chi connectivity index (χ4v) is 1.61. The second kappa shape index (κ2) is 3.63. The van der Waals surface area contributed by atoms with Crippen molar-refractivity contribution in [1.29, 1.82) is 0 Å². The normalized spacial score (nSPS) is 17.6. The zero-order chi connectivity index (χ0) is 11.1. The van der Waals surface area contributed by atoms with Crippen molar-refractivity contribution in [2.24, 2.45) is 5.41 Å². The van der Waals surface area contributed by atoms with Gasteiger partial charge in [-0.2, -0.15) is 0 Å². The Balaban J connectivity index is 2.10. The highest BCUT2D eigenvalue weighted by atomic mass is 35.5. The van der Waals surface area contributed by atoms with Crippen molar-refractivity contribution in [3.8, 4) is 0 Å². The van der Waals surface area contributed by atoms with Gasteiger partial charge in [0.25, 0.3) is 0 Å². The van der Waals surface area contributed by atoms with Crippen LogP contribution in [0.25, 0.3) is 0 Å². The lowest BCUT2D eigenvalue weighted by Crippen LogP contribution is -2.14. The molecular weight excluding hydrogens is 210 g/mol. The minimum Gasteiger partial charge on any atom is -0.367 e. The van der Waals surface area contributed by atoms with Gasteiger partial charge in [-0.3, -0.25) is 0 Å². The van der Waals surface area contributed by atoms with Crippen LogP contribution < -0.4 is 5.32 Å². The SMILES string of the molecule is Cc1nc(Cl)c(NCC2(C)CC2)nc1C. The minimum absolute atomic E-state index is 0.448. The van der Waals surface area contributed by atoms with E-state index < -0.39 is 0 Å². The highest BCUT2D eigenvalue weighted by Crippen LogP contribution is 2.44. The average Bonchev–Trinajstić information content (AvgIpc) is 2.89. The topological polar surface area (TPSA) is 37.8 Å². The van der Waals surface area contributed by atoms with E-state index in [9.17, 15) is 0 Å². The van der Waals surface area contributed by atoms with Gasteiger partial charge in [0.15, 0.2) is 11.0 Å². The summed E-state index contributed by atoms with van der Waals surface area (Å²) >= 11 is 6.01. The molecular formula is C11H16ClN3.